The standard InChI is InChI=1S/C19H20FN5O4.C17H16BrFN6O4.CH4/c1-12-2-3-13(20)10-16(12)28-14-4-7-24(8-5-14)19-21-18(29-23-19)15-6-9-25(22-15)11-17(26)27;18-12-2-1-10(19)7-14(12)29-11-3-5-24(6-4-11)17-20-13(9-28-17)16-21-23-25(22-16)8-15(26)27;/h2-3,6,9-10,14H,4-5,7-8,11H2,1H3,(H,26,27);1-2,7,9,11H,3-6,8H2,(H,26,27);1H4. The third-order valence-electron chi connectivity index (χ3n) is 9.09. The number of halogens is 3. The van der Waals surface area contributed by atoms with Gasteiger partial charge in [-0.3, -0.25) is 14.3 Å². The lowest BCUT2D eigenvalue weighted by atomic mass is 10.1. The van der Waals surface area contributed by atoms with Gasteiger partial charge in [0.25, 0.3) is 17.9 Å². The van der Waals surface area contributed by atoms with Crippen molar-refractivity contribution < 1.29 is 47.0 Å². The van der Waals surface area contributed by atoms with Crippen molar-refractivity contribution in [1.29, 1.82) is 0 Å². The molecular weight excluding hydrogens is 844 g/mol. The smallest absolute Gasteiger partial charge is 0.327 e. The van der Waals surface area contributed by atoms with Crippen LogP contribution in [0, 0.1) is 18.6 Å². The molecule has 6 aromatic rings. The monoisotopic (exact) mass is 883 g/mol. The van der Waals surface area contributed by atoms with Crippen LogP contribution in [-0.4, -0.2) is 106 Å². The number of anilines is 2. The van der Waals surface area contributed by atoms with Crippen LogP contribution in [0.5, 0.6) is 11.5 Å². The molecule has 0 bridgehead atoms. The zero-order valence-corrected chi connectivity index (χ0v) is 32.4. The molecular formula is C37H40BrF2N11O8. The number of carboxylic acids is 2. The van der Waals surface area contributed by atoms with Gasteiger partial charge in [-0.1, -0.05) is 13.5 Å². The molecule has 2 N–H and O–H groups in total. The van der Waals surface area contributed by atoms with Crippen molar-refractivity contribution in [2.45, 2.75) is 65.3 Å². The highest BCUT2D eigenvalue weighted by molar-refractivity contribution is 9.10. The molecule has 0 spiro atoms. The minimum absolute atomic E-state index is 0. The minimum Gasteiger partial charge on any atom is -0.490 e. The van der Waals surface area contributed by atoms with E-state index >= 15 is 0 Å². The van der Waals surface area contributed by atoms with E-state index < -0.39 is 11.9 Å². The lowest BCUT2D eigenvalue weighted by Gasteiger charge is -2.31. The summed E-state index contributed by atoms with van der Waals surface area (Å²) < 4.78 is 51.5. The van der Waals surface area contributed by atoms with E-state index in [0.29, 0.717) is 78.3 Å². The number of hydrogen-bond donors (Lipinski definition) is 2. The summed E-state index contributed by atoms with van der Waals surface area (Å²) in [5.41, 5.74) is 1.70. The van der Waals surface area contributed by atoms with E-state index in [1.165, 1.54) is 35.2 Å². The molecule has 59 heavy (non-hydrogen) atoms. The first-order chi connectivity index (χ1) is 27.9. The lowest BCUT2D eigenvalue weighted by molar-refractivity contribution is -0.139. The molecule has 2 fully saturated rings. The molecule has 2 aromatic carbocycles. The van der Waals surface area contributed by atoms with Gasteiger partial charge in [0.2, 0.25) is 5.82 Å². The van der Waals surface area contributed by atoms with Gasteiger partial charge in [0.1, 0.15) is 48.1 Å². The second kappa shape index (κ2) is 18.9. The van der Waals surface area contributed by atoms with Crippen molar-refractivity contribution in [1.82, 2.24) is 45.1 Å². The first kappa shape index (κ1) is 42.2. The van der Waals surface area contributed by atoms with Crippen LogP contribution in [0.15, 0.2) is 68.3 Å². The third kappa shape index (κ3) is 10.9. The molecule has 0 saturated carbocycles. The first-order valence-electron chi connectivity index (χ1n) is 18.0. The highest BCUT2D eigenvalue weighted by Crippen LogP contribution is 2.30. The molecule has 22 heteroatoms. The summed E-state index contributed by atoms with van der Waals surface area (Å²) in [6.07, 6.45) is 5.82. The second-order valence-electron chi connectivity index (χ2n) is 13.3. The predicted molar refractivity (Wildman–Crippen MR) is 208 cm³/mol. The van der Waals surface area contributed by atoms with Gasteiger partial charge in [0.05, 0.1) is 4.47 Å². The topological polar surface area (TPSA) is 226 Å². The molecule has 0 aliphatic carbocycles. The molecule has 2 aliphatic rings. The van der Waals surface area contributed by atoms with Gasteiger partial charge in [0, 0.05) is 70.2 Å². The summed E-state index contributed by atoms with van der Waals surface area (Å²) in [5.74, 6) is -0.773. The normalized spacial score (nSPS) is 14.6. The maximum absolute atomic E-state index is 13.4. The number of oxazole rings is 1. The highest BCUT2D eigenvalue weighted by Gasteiger charge is 2.27. The number of aryl methyl sites for hydroxylation is 1. The Balaban J connectivity index is 0.000000195. The molecule has 0 amide bonds. The molecule has 2 saturated heterocycles. The molecule has 4 aromatic heterocycles. The van der Waals surface area contributed by atoms with Crippen molar-refractivity contribution in [3.8, 4) is 34.6 Å². The second-order valence-corrected chi connectivity index (χ2v) is 14.2. The van der Waals surface area contributed by atoms with Gasteiger partial charge in [-0.2, -0.15) is 19.9 Å². The number of aromatic nitrogens is 9. The number of nitrogens with zero attached hydrogens (tertiary/aromatic N) is 11. The van der Waals surface area contributed by atoms with Gasteiger partial charge in [-0.25, -0.2) is 8.78 Å². The number of ether oxygens (including phenoxy) is 2. The van der Waals surface area contributed by atoms with Gasteiger partial charge >= 0.3 is 11.9 Å². The van der Waals surface area contributed by atoms with Crippen LogP contribution < -0.4 is 19.3 Å². The number of tetrazole rings is 1. The highest BCUT2D eigenvalue weighted by atomic mass is 79.9. The van der Waals surface area contributed by atoms with Gasteiger partial charge in [-0.05, 0) is 63.1 Å². The zero-order chi connectivity index (χ0) is 40.8. The van der Waals surface area contributed by atoms with Crippen molar-refractivity contribution in [2.24, 2.45) is 0 Å². The Hall–Kier alpha value is -6.45. The van der Waals surface area contributed by atoms with E-state index in [9.17, 15) is 18.4 Å². The average Bonchev–Trinajstić information content (AvgIpc) is 4.03. The van der Waals surface area contributed by atoms with Gasteiger partial charge < -0.3 is 38.4 Å². The average molecular weight is 885 g/mol. The van der Waals surface area contributed by atoms with Crippen LogP contribution in [0.3, 0.4) is 0 Å². The largest absolute Gasteiger partial charge is 0.490 e. The third-order valence-corrected chi connectivity index (χ3v) is 9.75. The van der Waals surface area contributed by atoms with Crippen LogP contribution in [0.1, 0.15) is 38.7 Å². The van der Waals surface area contributed by atoms with E-state index in [-0.39, 0.29) is 56.1 Å². The van der Waals surface area contributed by atoms with Crippen molar-refractivity contribution >= 4 is 39.8 Å². The van der Waals surface area contributed by atoms with Crippen molar-refractivity contribution in [2.75, 3.05) is 36.0 Å². The van der Waals surface area contributed by atoms with E-state index in [4.69, 9.17) is 28.6 Å². The lowest BCUT2D eigenvalue weighted by Crippen LogP contribution is -2.38. The summed E-state index contributed by atoms with van der Waals surface area (Å²) in [6.45, 7) is 3.92. The molecule has 0 atom stereocenters. The SMILES string of the molecule is C.Cc1ccc(F)cc1OC1CCN(c2noc(-c3ccn(CC(=O)O)n3)n2)CC1.O=C(O)Cn1nnc(-c2coc(N3CCC(Oc4cc(F)ccc4Br)CC3)n2)n1. The van der Waals surface area contributed by atoms with E-state index in [1.54, 1.807) is 24.4 Å². The zero-order valence-electron chi connectivity index (χ0n) is 30.8. The number of piperidine rings is 2. The number of carbonyl (C=O) groups is 2. The Morgan fingerprint density at radius 2 is 1.49 bits per heavy atom. The Bertz CT molecular complexity index is 2190. The molecule has 6 heterocycles. The summed E-state index contributed by atoms with van der Waals surface area (Å²) in [4.78, 5) is 35.1. The van der Waals surface area contributed by atoms with Crippen LogP contribution in [-0.2, 0) is 22.7 Å². The Labute approximate surface area is 343 Å². The maximum atomic E-state index is 13.4. The van der Waals surface area contributed by atoms with Crippen LogP contribution >= 0.6 is 15.9 Å². The molecule has 0 unspecified atom stereocenters. The van der Waals surface area contributed by atoms with Gasteiger partial charge in [0.15, 0.2) is 17.9 Å². The number of carboxylic acid groups (broad SMARTS) is 2. The van der Waals surface area contributed by atoms with Crippen LogP contribution in [0.25, 0.3) is 23.1 Å². The number of hydrogen-bond acceptors (Lipinski definition) is 15. The predicted octanol–water partition coefficient (Wildman–Crippen LogP) is 5.51. The Morgan fingerprint density at radius 3 is 2.19 bits per heavy atom. The number of aliphatic carboxylic acids is 2. The maximum Gasteiger partial charge on any atom is 0.327 e. The first-order valence-corrected chi connectivity index (χ1v) is 18.8. The molecule has 0 radical (unpaired) electrons. The van der Waals surface area contributed by atoms with E-state index in [0.717, 1.165) is 23.2 Å². The van der Waals surface area contributed by atoms with Crippen molar-refractivity contribution in [3.05, 3.63) is 76.6 Å². The van der Waals surface area contributed by atoms with Crippen molar-refractivity contribution in [3.63, 3.8) is 0 Å². The summed E-state index contributed by atoms with van der Waals surface area (Å²) >= 11 is 3.37. The fourth-order valence-corrected chi connectivity index (χ4v) is 6.50. The van der Waals surface area contributed by atoms with E-state index in [2.05, 4.69) is 51.6 Å². The Kier molecular flexibility index (Phi) is 13.5. The fourth-order valence-electron chi connectivity index (χ4n) is 6.16. The summed E-state index contributed by atoms with van der Waals surface area (Å²) in [6, 6.07) is 10.9. The van der Waals surface area contributed by atoms with Gasteiger partial charge in [-0.15, -0.1) is 10.2 Å². The number of benzene rings is 2. The summed E-state index contributed by atoms with van der Waals surface area (Å²) in [5, 5.41) is 37.1. The van der Waals surface area contributed by atoms with E-state index in [1.807, 2.05) is 16.7 Å². The van der Waals surface area contributed by atoms with Crippen LogP contribution in [0.4, 0.5) is 20.7 Å². The number of rotatable bonds is 12. The fraction of sp³-hybridized carbons (Fsp3) is 0.378. The van der Waals surface area contributed by atoms with Crippen LogP contribution in [0.2, 0.25) is 0 Å². The minimum atomic E-state index is -1.06. The summed E-state index contributed by atoms with van der Waals surface area (Å²) in [7, 11) is 0. The quantitative estimate of drug-likeness (QED) is 0.154. The molecule has 312 valence electrons. The Morgan fingerprint density at radius 1 is 0.847 bits per heavy atom. The molecule has 8 rings (SSSR count). The molecule has 2 aliphatic heterocycles. The molecule has 19 nitrogen and oxygen atoms in total.